The molecule has 1 unspecified atom stereocenters. The van der Waals surface area contributed by atoms with Crippen molar-refractivity contribution >= 4 is 35.0 Å². The number of carbonyl (C=O) groups is 1. The second-order valence-corrected chi connectivity index (χ2v) is 6.09. The minimum Gasteiger partial charge on any atom is -0.384 e. The number of aromatic nitrogens is 2. The summed E-state index contributed by atoms with van der Waals surface area (Å²) in [4.78, 5) is 20.7. The molecule has 6 heteroatoms. The lowest BCUT2D eigenvalue weighted by Gasteiger charge is -2.10. The first-order valence-corrected chi connectivity index (χ1v) is 7.29. The number of hydrogen-bond donors (Lipinski definition) is 1. The summed E-state index contributed by atoms with van der Waals surface area (Å²) in [6, 6.07) is 8.52. The van der Waals surface area contributed by atoms with Gasteiger partial charge in [0.1, 0.15) is 5.82 Å². The molecule has 20 heavy (non-hydrogen) atoms. The van der Waals surface area contributed by atoms with Crippen LogP contribution in [0.3, 0.4) is 0 Å². The zero-order valence-corrected chi connectivity index (χ0v) is 12.7. The number of benzene rings is 1. The van der Waals surface area contributed by atoms with E-state index in [1.165, 1.54) is 11.8 Å². The van der Waals surface area contributed by atoms with Crippen molar-refractivity contribution in [3.8, 4) is 0 Å². The van der Waals surface area contributed by atoms with E-state index < -0.39 is 0 Å². The van der Waals surface area contributed by atoms with Gasteiger partial charge in [0.15, 0.2) is 10.9 Å². The third-order valence-corrected chi connectivity index (χ3v) is 3.85. The number of Topliss-reactive ketones (excluding diaryl/α,β-unsaturated/α-hetero) is 1. The van der Waals surface area contributed by atoms with Gasteiger partial charge in [-0.3, -0.25) is 4.79 Å². The normalized spacial score (nSPS) is 12.2. The fraction of sp³-hybridized carbons (Fsp3) is 0.214. The van der Waals surface area contributed by atoms with Crippen LogP contribution in [0.2, 0.25) is 5.02 Å². The van der Waals surface area contributed by atoms with Crippen LogP contribution in [-0.4, -0.2) is 21.0 Å². The summed E-state index contributed by atoms with van der Waals surface area (Å²) in [7, 11) is 0. The van der Waals surface area contributed by atoms with Gasteiger partial charge in [0.05, 0.1) is 5.25 Å². The Kier molecular flexibility index (Phi) is 4.62. The zero-order chi connectivity index (χ0) is 14.7. The first-order chi connectivity index (χ1) is 9.45. The number of anilines is 1. The number of halogens is 1. The predicted molar refractivity (Wildman–Crippen MR) is 82.3 cm³/mol. The van der Waals surface area contributed by atoms with E-state index in [1.807, 2.05) is 13.8 Å². The van der Waals surface area contributed by atoms with E-state index in [0.717, 1.165) is 5.69 Å². The number of nitrogens with two attached hydrogens (primary N) is 1. The highest BCUT2D eigenvalue weighted by atomic mass is 35.5. The molecule has 0 aliphatic rings. The zero-order valence-electron chi connectivity index (χ0n) is 11.1. The molecule has 0 bridgehead atoms. The van der Waals surface area contributed by atoms with Crippen LogP contribution in [0, 0.1) is 6.92 Å². The molecule has 0 fully saturated rings. The van der Waals surface area contributed by atoms with E-state index >= 15 is 0 Å². The number of ketones is 1. The third-order valence-electron chi connectivity index (χ3n) is 2.63. The van der Waals surface area contributed by atoms with Crippen molar-refractivity contribution in [2.45, 2.75) is 24.3 Å². The molecule has 0 amide bonds. The van der Waals surface area contributed by atoms with Crippen molar-refractivity contribution in [3.05, 3.63) is 46.6 Å². The van der Waals surface area contributed by atoms with Crippen LogP contribution in [0.15, 0.2) is 35.5 Å². The summed E-state index contributed by atoms with van der Waals surface area (Å²) < 4.78 is 0. The molecule has 1 aromatic heterocycles. The summed E-state index contributed by atoms with van der Waals surface area (Å²) >= 11 is 7.10. The Morgan fingerprint density at radius 3 is 2.55 bits per heavy atom. The molecule has 0 spiro atoms. The van der Waals surface area contributed by atoms with E-state index in [9.17, 15) is 4.79 Å². The highest BCUT2D eigenvalue weighted by Gasteiger charge is 2.18. The molecule has 1 heterocycles. The van der Waals surface area contributed by atoms with Gasteiger partial charge in [-0.25, -0.2) is 9.97 Å². The van der Waals surface area contributed by atoms with Gasteiger partial charge in [0, 0.05) is 22.3 Å². The Balaban J connectivity index is 2.13. The SMILES string of the molecule is Cc1cc(N)nc(SC(C)C(=O)c2ccc(Cl)cc2)n1. The molecule has 2 aromatic rings. The minimum absolute atomic E-state index is 0.00958. The number of nitrogens with zero attached hydrogens (tertiary/aromatic N) is 2. The van der Waals surface area contributed by atoms with Crippen molar-refractivity contribution in [2.75, 3.05) is 5.73 Å². The molecule has 2 rings (SSSR count). The summed E-state index contributed by atoms with van der Waals surface area (Å²) in [6.07, 6.45) is 0. The number of aryl methyl sites for hydroxylation is 1. The van der Waals surface area contributed by atoms with Crippen LogP contribution in [0.1, 0.15) is 23.0 Å². The average Bonchev–Trinajstić information content (AvgIpc) is 2.37. The van der Waals surface area contributed by atoms with Gasteiger partial charge in [-0.05, 0) is 38.1 Å². The molecule has 2 N–H and O–H groups in total. The molecule has 104 valence electrons. The highest BCUT2D eigenvalue weighted by Crippen LogP contribution is 2.24. The quantitative estimate of drug-likeness (QED) is 0.533. The summed E-state index contributed by atoms with van der Waals surface area (Å²) in [5.41, 5.74) is 7.08. The maximum Gasteiger partial charge on any atom is 0.190 e. The van der Waals surface area contributed by atoms with Crippen LogP contribution >= 0.6 is 23.4 Å². The van der Waals surface area contributed by atoms with Crippen LogP contribution < -0.4 is 5.73 Å². The molecule has 4 nitrogen and oxygen atoms in total. The Bertz CT molecular complexity index is 611. The first kappa shape index (κ1) is 14.8. The van der Waals surface area contributed by atoms with Gasteiger partial charge in [-0.2, -0.15) is 0 Å². The number of carbonyl (C=O) groups excluding carboxylic acids is 1. The maximum absolute atomic E-state index is 12.3. The second kappa shape index (κ2) is 6.24. The average molecular weight is 308 g/mol. The molecule has 0 saturated carbocycles. The lowest BCUT2D eigenvalue weighted by Crippen LogP contribution is -2.14. The van der Waals surface area contributed by atoms with E-state index in [1.54, 1.807) is 30.3 Å². The van der Waals surface area contributed by atoms with Crippen molar-refractivity contribution in [3.63, 3.8) is 0 Å². The largest absolute Gasteiger partial charge is 0.384 e. The first-order valence-electron chi connectivity index (χ1n) is 6.03. The van der Waals surface area contributed by atoms with Crippen molar-refractivity contribution < 1.29 is 4.79 Å². The van der Waals surface area contributed by atoms with Gasteiger partial charge in [-0.1, -0.05) is 23.4 Å². The summed E-state index contributed by atoms with van der Waals surface area (Å²) in [5.74, 6) is 0.418. The monoisotopic (exact) mass is 307 g/mol. The molecule has 0 saturated heterocycles. The third kappa shape index (κ3) is 3.71. The molecule has 0 aliphatic carbocycles. The van der Waals surface area contributed by atoms with E-state index in [0.29, 0.717) is 21.6 Å². The van der Waals surface area contributed by atoms with Gasteiger partial charge in [0.2, 0.25) is 0 Å². The lowest BCUT2D eigenvalue weighted by molar-refractivity contribution is 0.0994. The Morgan fingerprint density at radius 1 is 1.30 bits per heavy atom. The van der Waals surface area contributed by atoms with Crippen LogP contribution in [0.5, 0.6) is 0 Å². The highest BCUT2D eigenvalue weighted by molar-refractivity contribution is 8.00. The van der Waals surface area contributed by atoms with Gasteiger partial charge >= 0.3 is 0 Å². The van der Waals surface area contributed by atoms with Crippen LogP contribution in [0.4, 0.5) is 5.82 Å². The Labute approximate surface area is 126 Å². The molecule has 1 aromatic carbocycles. The standard InChI is InChI=1S/C14H14ClN3OS/c1-8-7-12(16)18-14(17-8)20-9(2)13(19)10-3-5-11(15)6-4-10/h3-7,9H,1-2H3,(H2,16,17,18). The summed E-state index contributed by atoms with van der Waals surface area (Å²) in [5, 5.41) is 0.825. The smallest absolute Gasteiger partial charge is 0.190 e. The number of rotatable bonds is 4. The lowest BCUT2D eigenvalue weighted by atomic mass is 10.1. The minimum atomic E-state index is -0.294. The number of hydrogen-bond acceptors (Lipinski definition) is 5. The molecular formula is C14H14ClN3OS. The van der Waals surface area contributed by atoms with Gasteiger partial charge in [-0.15, -0.1) is 0 Å². The predicted octanol–water partition coefficient (Wildman–Crippen LogP) is 3.38. The van der Waals surface area contributed by atoms with Crippen LogP contribution in [0.25, 0.3) is 0 Å². The van der Waals surface area contributed by atoms with E-state index in [4.69, 9.17) is 17.3 Å². The second-order valence-electron chi connectivity index (χ2n) is 4.35. The Morgan fingerprint density at radius 2 is 1.95 bits per heavy atom. The fourth-order valence-corrected chi connectivity index (χ4v) is 2.72. The van der Waals surface area contributed by atoms with E-state index in [2.05, 4.69) is 9.97 Å². The summed E-state index contributed by atoms with van der Waals surface area (Å²) in [6.45, 7) is 3.66. The van der Waals surface area contributed by atoms with Crippen molar-refractivity contribution in [1.29, 1.82) is 0 Å². The fourth-order valence-electron chi connectivity index (χ4n) is 1.68. The molecular weight excluding hydrogens is 294 g/mol. The molecule has 1 atom stereocenters. The maximum atomic E-state index is 12.3. The van der Waals surface area contributed by atoms with Gasteiger partial charge < -0.3 is 5.73 Å². The van der Waals surface area contributed by atoms with Crippen LogP contribution in [-0.2, 0) is 0 Å². The Hall–Kier alpha value is -1.59. The topological polar surface area (TPSA) is 68.9 Å². The van der Waals surface area contributed by atoms with E-state index in [-0.39, 0.29) is 11.0 Å². The molecule has 0 aliphatic heterocycles. The number of nitrogen functional groups attached to an aromatic ring is 1. The van der Waals surface area contributed by atoms with Crippen molar-refractivity contribution in [2.24, 2.45) is 0 Å². The molecule has 0 radical (unpaired) electrons. The number of thioether (sulfide) groups is 1. The van der Waals surface area contributed by atoms with Gasteiger partial charge in [0.25, 0.3) is 0 Å². The van der Waals surface area contributed by atoms with Crippen molar-refractivity contribution in [1.82, 2.24) is 9.97 Å².